The molecule has 7 atom stereocenters. The summed E-state index contributed by atoms with van der Waals surface area (Å²) in [5.74, 6) is -0.515. The first-order valence-electron chi connectivity index (χ1n) is 12.2. The molecule has 0 amide bonds. The molecule has 0 N–H and O–H groups in total. The zero-order chi connectivity index (χ0) is 24.7. The highest BCUT2D eigenvalue weighted by atomic mass is 16.6. The first-order valence-corrected chi connectivity index (χ1v) is 12.2. The van der Waals surface area contributed by atoms with Gasteiger partial charge in [0.25, 0.3) is 0 Å². The number of ether oxygens (including phenoxy) is 2. The normalized spacial score (nSPS) is 42.6. The van der Waals surface area contributed by atoms with Gasteiger partial charge in [-0.2, -0.15) is 0 Å². The molecule has 0 radical (unpaired) electrons. The van der Waals surface area contributed by atoms with E-state index in [2.05, 4.69) is 26.8 Å². The molecule has 1 aliphatic heterocycles. The second kappa shape index (κ2) is 7.19. The van der Waals surface area contributed by atoms with E-state index in [1.807, 2.05) is 19.9 Å². The summed E-state index contributed by atoms with van der Waals surface area (Å²) < 4.78 is 17.3. The number of esters is 2. The van der Waals surface area contributed by atoms with E-state index < -0.39 is 28.5 Å². The van der Waals surface area contributed by atoms with Gasteiger partial charge in [-0.1, -0.05) is 40.7 Å². The number of carbonyl (C=O) groups excluding carboxylic acids is 3. The van der Waals surface area contributed by atoms with Crippen molar-refractivity contribution in [3.8, 4) is 0 Å². The maximum Gasteiger partial charge on any atom is 0.331 e. The van der Waals surface area contributed by atoms with Gasteiger partial charge in [-0.25, -0.2) is 4.79 Å². The van der Waals surface area contributed by atoms with Crippen molar-refractivity contribution in [1.29, 1.82) is 0 Å². The lowest BCUT2D eigenvalue weighted by atomic mass is 9.38. The van der Waals surface area contributed by atoms with E-state index in [-0.39, 0.29) is 35.0 Å². The van der Waals surface area contributed by atoms with Crippen LogP contribution >= 0.6 is 0 Å². The average Bonchev–Trinajstić information content (AvgIpc) is 3.28. The van der Waals surface area contributed by atoms with Crippen LogP contribution in [0.25, 0.3) is 0 Å². The van der Waals surface area contributed by atoms with Gasteiger partial charge in [0.2, 0.25) is 0 Å². The van der Waals surface area contributed by atoms with Crippen LogP contribution in [0.2, 0.25) is 0 Å². The number of rotatable bonds is 2. The molecule has 2 fully saturated rings. The van der Waals surface area contributed by atoms with Crippen LogP contribution in [0, 0.1) is 33.5 Å². The molecule has 4 aliphatic rings. The molecule has 182 valence electrons. The summed E-state index contributed by atoms with van der Waals surface area (Å²) in [4.78, 5) is 38.1. The number of furan rings is 1. The number of carbonyl (C=O) groups is 3. The highest BCUT2D eigenvalue weighted by Gasteiger charge is 2.69. The molecule has 0 unspecified atom stereocenters. The second-order valence-electron chi connectivity index (χ2n) is 11.9. The first kappa shape index (κ1) is 23.1. The van der Waals surface area contributed by atoms with E-state index in [4.69, 9.17) is 13.9 Å². The molecule has 0 aromatic carbocycles. The lowest BCUT2D eigenvalue weighted by molar-refractivity contribution is -0.195. The van der Waals surface area contributed by atoms with Crippen LogP contribution in [0.3, 0.4) is 0 Å². The zero-order valence-electron chi connectivity index (χ0n) is 20.8. The third-order valence-corrected chi connectivity index (χ3v) is 9.82. The quantitative estimate of drug-likeness (QED) is 0.547. The van der Waals surface area contributed by atoms with E-state index in [1.165, 1.54) is 6.92 Å². The number of cyclic esters (lactones) is 1. The van der Waals surface area contributed by atoms with Gasteiger partial charge < -0.3 is 13.9 Å². The minimum absolute atomic E-state index is 0.0186. The van der Waals surface area contributed by atoms with Crippen LogP contribution in [0.4, 0.5) is 0 Å². The lowest BCUT2D eigenvalue weighted by Gasteiger charge is -2.67. The van der Waals surface area contributed by atoms with Gasteiger partial charge in [0.05, 0.1) is 12.5 Å². The van der Waals surface area contributed by atoms with Crippen molar-refractivity contribution in [2.75, 3.05) is 0 Å². The van der Waals surface area contributed by atoms with Crippen molar-refractivity contribution in [3.05, 3.63) is 48.0 Å². The SMILES string of the molecule is CC(=O)O[C@H]1C[C@@H]2C(C)(C)C(=O)C=C[C@]2(C)[C@@H]2CC[C@]3(C)C(=CC(=O)O[C@H]3c3ccoc3)[C@]12C. The third-order valence-electron chi connectivity index (χ3n) is 9.82. The van der Waals surface area contributed by atoms with Crippen molar-refractivity contribution < 1.29 is 28.3 Å². The summed E-state index contributed by atoms with van der Waals surface area (Å²) in [5, 5.41) is 0. The largest absolute Gasteiger partial charge is 0.472 e. The van der Waals surface area contributed by atoms with Gasteiger partial charge in [-0.3, -0.25) is 9.59 Å². The van der Waals surface area contributed by atoms with E-state index in [1.54, 1.807) is 24.7 Å². The molecule has 1 aromatic heterocycles. The molecule has 0 bridgehead atoms. The van der Waals surface area contributed by atoms with E-state index in [9.17, 15) is 14.4 Å². The van der Waals surface area contributed by atoms with E-state index in [0.717, 1.165) is 24.0 Å². The van der Waals surface area contributed by atoms with Gasteiger partial charge >= 0.3 is 11.9 Å². The van der Waals surface area contributed by atoms with Crippen molar-refractivity contribution >= 4 is 17.7 Å². The Labute approximate surface area is 200 Å². The molecular formula is C28H34O6. The summed E-state index contributed by atoms with van der Waals surface area (Å²) in [6.07, 6.45) is 10.0. The minimum atomic E-state index is -0.591. The molecule has 2 heterocycles. The molecule has 5 rings (SSSR count). The topological polar surface area (TPSA) is 82.8 Å². The smallest absolute Gasteiger partial charge is 0.331 e. The minimum Gasteiger partial charge on any atom is -0.472 e. The standard InChI is InChI=1S/C28H34O6/c1-16(29)33-22-13-19-25(2,3)21(30)8-11-26(19,4)18-7-10-27(5)20(28(18,22)6)14-23(31)34-24(27)17-9-12-32-15-17/h8-9,11-12,14-15,18-19,22,24H,7,10,13H2,1-6H3/t18-,19+,22-,24-,26+,27+,28+/m0/s1. The van der Waals surface area contributed by atoms with Gasteiger partial charge in [-0.05, 0) is 54.2 Å². The number of ketones is 1. The zero-order valence-corrected chi connectivity index (χ0v) is 20.8. The summed E-state index contributed by atoms with van der Waals surface area (Å²) in [7, 11) is 0. The highest BCUT2D eigenvalue weighted by Crippen LogP contribution is 2.71. The van der Waals surface area contributed by atoms with Crippen LogP contribution in [-0.2, 0) is 23.9 Å². The van der Waals surface area contributed by atoms with Crippen molar-refractivity contribution in [1.82, 2.24) is 0 Å². The second-order valence-corrected chi connectivity index (χ2v) is 11.9. The Morgan fingerprint density at radius 2 is 1.85 bits per heavy atom. The van der Waals surface area contributed by atoms with Crippen LogP contribution in [0.15, 0.2) is 46.8 Å². The van der Waals surface area contributed by atoms with Crippen LogP contribution < -0.4 is 0 Å². The summed E-state index contributed by atoms with van der Waals surface area (Å²) in [5.41, 5.74) is -0.0920. The number of allylic oxidation sites excluding steroid dienone is 2. The highest BCUT2D eigenvalue weighted by molar-refractivity contribution is 5.96. The van der Waals surface area contributed by atoms with Gasteiger partial charge in [0.1, 0.15) is 12.2 Å². The lowest BCUT2D eigenvalue weighted by Crippen LogP contribution is -2.65. The molecule has 6 nitrogen and oxygen atoms in total. The average molecular weight is 467 g/mol. The van der Waals surface area contributed by atoms with E-state index >= 15 is 0 Å². The predicted molar refractivity (Wildman–Crippen MR) is 124 cm³/mol. The van der Waals surface area contributed by atoms with Crippen LogP contribution in [0.1, 0.15) is 72.5 Å². The fourth-order valence-electron chi connectivity index (χ4n) is 8.16. The summed E-state index contributed by atoms with van der Waals surface area (Å²) in [6.45, 7) is 12.0. The summed E-state index contributed by atoms with van der Waals surface area (Å²) >= 11 is 0. The molecule has 34 heavy (non-hydrogen) atoms. The molecule has 6 heteroatoms. The molecule has 2 saturated carbocycles. The Morgan fingerprint density at radius 3 is 2.50 bits per heavy atom. The monoisotopic (exact) mass is 466 g/mol. The van der Waals surface area contributed by atoms with Crippen LogP contribution in [-0.4, -0.2) is 23.8 Å². The van der Waals surface area contributed by atoms with Gasteiger partial charge in [0.15, 0.2) is 5.78 Å². The Bertz CT molecular complexity index is 1110. The number of fused-ring (bicyclic) bond motifs is 5. The maximum absolute atomic E-state index is 12.9. The fourth-order valence-corrected chi connectivity index (χ4v) is 8.16. The number of hydrogen-bond acceptors (Lipinski definition) is 6. The van der Waals surface area contributed by atoms with Crippen LogP contribution in [0.5, 0.6) is 0 Å². The molecule has 0 spiro atoms. The Morgan fingerprint density at radius 1 is 1.12 bits per heavy atom. The molecule has 0 saturated heterocycles. The Hall–Kier alpha value is -2.63. The first-order chi connectivity index (χ1) is 15.8. The van der Waals surface area contributed by atoms with Crippen molar-refractivity contribution in [3.63, 3.8) is 0 Å². The molecule has 1 aromatic rings. The predicted octanol–water partition coefficient (Wildman–Crippen LogP) is 5.35. The maximum atomic E-state index is 12.9. The fraction of sp³-hybridized carbons (Fsp3) is 0.607. The third kappa shape index (κ3) is 2.89. The molecule has 3 aliphatic carbocycles. The van der Waals surface area contributed by atoms with E-state index in [0.29, 0.717) is 6.42 Å². The Kier molecular flexibility index (Phi) is 4.89. The number of hydrogen-bond donors (Lipinski definition) is 0. The van der Waals surface area contributed by atoms with Crippen molar-refractivity contribution in [2.45, 2.75) is 73.0 Å². The molecular weight excluding hydrogens is 432 g/mol. The van der Waals surface area contributed by atoms with Gasteiger partial charge in [0, 0.05) is 34.8 Å². The van der Waals surface area contributed by atoms with Crippen molar-refractivity contribution in [2.24, 2.45) is 33.5 Å². The summed E-state index contributed by atoms with van der Waals surface area (Å²) in [6, 6.07) is 1.85. The van der Waals surface area contributed by atoms with Gasteiger partial charge in [-0.15, -0.1) is 0 Å². The Balaban J connectivity index is 1.70.